The molecule has 0 aliphatic carbocycles. The lowest BCUT2D eigenvalue weighted by Gasteiger charge is -2.24. The van der Waals surface area contributed by atoms with Crippen molar-refractivity contribution in [3.05, 3.63) is 53.6 Å². The average Bonchev–Trinajstić information content (AvgIpc) is 2.99. The molecule has 0 spiro atoms. The van der Waals surface area contributed by atoms with E-state index in [2.05, 4.69) is 23.2 Å². The highest BCUT2D eigenvalue weighted by Crippen LogP contribution is 2.31. The number of carbonyl (C=O) groups is 1. The average molecular weight is 416 g/mol. The van der Waals surface area contributed by atoms with Crippen LogP contribution in [0.15, 0.2) is 47.4 Å². The monoisotopic (exact) mass is 415 g/mol. The van der Waals surface area contributed by atoms with Crippen LogP contribution in [-0.4, -0.2) is 44.3 Å². The van der Waals surface area contributed by atoms with Crippen molar-refractivity contribution in [3.8, 4) is 0 Å². The number of carbonyl (C=O) groups excluding carboxylic acids is 1. The first-order valence-electron chi connectivity index (χ1n) is 10.0. The molecule has 1 amide bonds. The Morgan fingerprint density at radius 3 is 2.55 bits per heavy atom. The first kappa shape index (κ1) is 21.3. The predicted octanol–water partition coefficient (Wildman–Crippen LogP) is 3.42. The summed E-state index contributed by atoms with van der Waals surface area (Å²) in [7, 11) is -3.58. The summed E-state index contributed by atoms with van der Waals surface area (Å²) < 4.78 is 27.0. The quantitative estimate of drug-likeness (QED) is 0.752. The van der Waals surface area contributed by atoms with Crippen LogP contribution < -0.4 is 10.2 Å². The first-order chi connectivity index (χ1) is 13.8. The topological polar surface area (TPSA) is 69.7 Å². The molecule has 0 aromatic heterocycles. The van der Waals surface area contributed by atoms with Gasteiger partial charge in [-0.25, -0.2) is 8.42 Å². The minimum absolute atomic E-state index is 0.158. The van der Waals surface area contributed by atoms with E-state index in [4.69, 9.17) is 0 Å². The molecule has 7 heteroatoms. The molecular formula is C22H29N3O3S. The third-order valence-electron chi connectivity index (χ3n) is 5.49. The Bertz CT molecular complexity index is 1000. The standard InChI is InChI=1S/C22H29N3O3S/c1-5-24(6-2)29(27,28)19-12-11-16(3)20(14-19)23-22(26)15-25-17(4)13-18-9-7-8-10-21(18)25/h7-12,14,17H,5-6,13,15H2,1-4H3,(H,23,26)/t17-/m0/s1. The third-order valence-corrected chi connectivity index (χ3v) is 7.53. The first-order valence-corrected chi connectivity index (χ1v) is 11.5. The highest BCUT2D eigenvalue weighted by atomic mass is 32.2. The van der Waals surface area contributed by atoms with Crippen LogP contribution in [0.2, 0.25) is 0 Å². The number of sulfonamides is 1. The van der Waals surface area contributed by atoms with Gasteiger partial charge < -0.3 is 10.2 Å². The number of benzene rings is 2. The minimum Gasteiger partial charge on any atom is -0.359 e. The van der Waals surface area contributed by atoms with Gasteiger partial charge in [0, 0.05) is 30.5 Å². The number of hydrogen-bond donors (Lipinski definition) is 1. The van der Waals surface area contributed by atoms with Gasteiger partial charge in [-0.3, -0.25) is 4.79 Å². The summed E-state index contributed by atoms with van der Waals surface area (Å²) in [5.41, 5.74) is 3.69. The number of para-hydroxylation sites is 1. The van der Waals surface area contributed by atoms with Crippen LogP contribution in [0.25, 0.3) is 0 Å². The fourth-order valence-electron chi connectivity index (χ4n) is 3.82. The molecule has 1 atom stereocenters. The van der Waals surface area contributed by atoms with Crippen molar-refractivity contribution in [2.24, 2.45) is 0 Å². The summed E-state index contributed by atoms with van der Waals surface area (Å²) in [4.78, 5) is 15.1. The molecule has 1 aliphatic heterocycles. The highest BCUT2D eigenvalue weighted by molar-refractivity contribution is 7.89. The molecule has 156 valence electrons. The smallest absolute Gasteiger partial charge is 0.243 e. The molecule has 0 saturated heterocycles. The van der Waals surface area contributed by atoms with Gasteiger partial charge in [-0.2, -0.15) is 4.31 Å². The van der Waals surface area contributed by atoms with Gasteiger partial charge in [0.2, 0.25) is 15.9 Å². The van der Waals surface area contributed by atoms with Crippen molar-refractivity contribution in [1.29, 1.82) is 0 Å². The Balaban J connectivity index is 1.79. The SMILES string of the molecule is CCN(CC)S(=O)(=O)c1ccc(C)c(NC(=O)CN2c3ccccc3C[C@@H]2C)c1. The molecule has 1 aliphatic rings. The van der Waals surface area contributed by atoms with Gasteiger partial charge in [-0.05, 0) is 49.6 Å². The van der Waals surface area contributed by atoms with E-state index in [0.29, 0.717) is 18.8 Å². The molecule has 2 aromatic carbocycles. The zero-order valence-electron chi connectivity index (χ0n) is 17.5. The van der Waals surface area contributed by atoms with Crippen molar-refractivity contribution in [2.75, 3.05) is 29.9 Å². The van der Waals surface area contributed by atoms with E-state index < -0.39 is 10.0 Å². The number of amides is 1. The lowest BCUT2D eigenvalue weighted by molar-refractivity contribution is -0.115. The molecule has 0 unspecified atom stereocenters. The number of nitrogens with zero attached hydrogens (tertiary/aromatic N) is 2. The molecule has 0 bridgehead atoms. The zero-order valence-corrected chi connectivity index (χ0v) is 18.3. The fraction of sp³-hybridized carbons (Fsp3) is 0.409. The molecule has 2 aromatic rings. The summed E-state index contributed by atoms with van der Waals surface area (Å²) in [6.45, 7) is 8.62. The van der Waals surface area contributed by atoms with E-state index >= 15 is 0 Å². The number of anilines is 2. The number of hydrogen-bond acceptors (Lipinski definition) is 4. The number of nitrogens with one attached hydrogen (secondary N) is 1. The predicted molar refractivity (Wildman–Crippen MR) is 117 cm³/mol. The Morgan fingerprint density at radius 2 is 1.86 bits per heavy atom. The van der Waals surface area contributed by atoms with Crippen LogP contribution in [0.5, 0.6) is 0 Å². The summed E-state index contributed by atoms with van der Waals surface area (Å²) in [5.74, 6) is -0.158. The Hall–Kier alpha value is -2.38. The second-order valence-corrected chi connectivity index (χ2v) is 9.36. The maximum absolute atomic E-state index is 12.8. The largest absolute Gasteiger partial charge is 0.359 e. The van der Waals surface area contributed by atoms with E-state index in [1.165, 1.54) is 9.87 Å². The van der Waals surface area contributed by atoms with E-state index in [9.17, 15) is 13.2 Å². The summed E-state index contributed by atoms with van der Waals surface area (Å²) >= 11 is 0. The van der Waals surface area contributed by atoms with E-state index in [-0.39, 0.29) is 23.4 Å². The zero-order chi connectivity index (χ0) is 21.2. The molecule has 1 heterocycles. The van der Waals surface area contributed by atoms with Gasteiger partial charge in [-0.1, -0.05) is 38.1 Å². The van der Waals surface area contributed by atoms with Gasteiger partial charge in [0.15, 0.2) is 0 Å². The fourth-order valence-corrected chi connectivity index (χ4v) is 5.31. The van der Waals surface area contributed by atoms with Gasteiger partial charge >= 0.3 is 0 Å². The summed E-state index contributed by atoms with van der Waals surface area (Å²) in [5, 5.41) is 2.91. The maximum Gasteiger partial charge on any atom is 0.243 e. The Morgan fingerprint density at radius 1 is 1.17 bits per heavy atom. The molecule has 0 saturated carbocycles. The van der Waals surface area contributed by atoms with E-state index in [0.717, 1.165) is 17.7 Å². The Kier molecular flexibility index (Phi) is 6.29. The van der Waals surface area contributed by atoms with Crippen LogP contribution in [0.4, 0.5) is 11.4 Å². The van der Waals surface area contributed by atoms with Crippen molar-refractivity contribution >= 4 is 27.3 Å². The Labute approximate surface area is 173 Å². The van der Waals surface area contributed by atoms with Crippen LogP contribution >= 0.6 is 0 Å². The normalized spacial score (nSPS) is 16.2. The molecule has 29 heavy (non-hydrogen) atoms. The van der Waals surface area contributed by atoms with Crippen molar-refractivity contribution < 1.29 is 13.2 Å². The molecule has 0 fully saturated rings. The van der Waals surface area contributed by atoms with Gasteiger partial charge in [0.05, 0.1) is 11.4 Å². The van der Waals surface area contributed by atoms with Gasteiger partial charge in [0.25, 0.3) is 0 Å². The van der Waals surface area contributed by atoms with Crippen molar-refractivity contribution in [1.82, 2.24) is 4.31 Å². The van der Waals surface area contributed by atoms with Crippen molar-refractivity contribution in [2.45, 2.75) is 45.1 Å². The maximum atomic E-state index is 12.8. The van der Waals surface area contributed by atoms with Crippen LogP contribution in [0, 0.1) is 6.92 Å². The van der Waals surface area contributed by atoms with Crippen LogP contribution in [-0.2, 0) is 21.2 Å². The second kappa shape index (κ2) is 8.55. The number of rotatable bonds is 7. The second-order valence-electron chi connectivity index (χ2n) is 7.42. The lowest BCUT2D eigenvalue weighted by atomic mass is 10.1. The highest BCUT2D eigenvalue weighted by Gasteiger charge is 2.27. The van der Waals surface area contributed by atoms with Crippen LogP contribution in [0.1, 0.15) is 31.9 Å². The van der Waals surface area contributed by atoms with E-state index in [1.54, 1.807) is 18.2 Å². The molecule has 1 N–H and O–H groups in total. The van der Waals surface area contributed by atoms with Gasteiger partial charge in [-0.15, -0.1) is 0 Å². The molecular weight excluding hydrogens is 386 g/mol. The lowest BCUT2D eigenvalue weighted by Crippen LogP contribution is -2.37. The molecule has 0 radical (unpaired) electrons. The summed E-state index contributed by atoms with van der Waals surface area (Å²) in [6.07, 6.45) is 0.917. The van der Waals surface area contributed by atoms with E-state index in [1.807, 2.05) is 39.0 Å². The van der Waals surface area contributed by atoms with Crippen molar-refractivity contribution in [3.63, 3.8) is 0 Å². The third kappa shape index (κ3) is 4.31. The number of aryl methyl sites for hydroxylation is 1. The minimum atomic E-state index is -3.58. The molecule has 6 nitrogen and oxygen atoms in total. The van der Waals surface area contributed by atoms with Gasteiger partial charge in [0.1, 0.15) is 0 Å². The summed E-state index contributed by atoms with van der Waals surface area (Å²) in [6, 6.07) is 13.3. The molecule has 3 rings (SSSR count). The number of fused-ring (bicyclic) bond motifs is 1. The van der Waals surface area contributed by atoms with Crippen LogP contribution in [0.3, 0.4) is 0 Å².